The van der Waals surface area contributed by atoms with Crippen molar-refractivity contribution in [3.05, 3.63) is 53.6 Å². The predicted octanol–water partition coefficient (Wildman–Crippen LogP) is 8.40. The number of amides is 1. The third kappa shape index (κ3) is 5.31. The largest absolute Gasteiger partial charge is 0.478 e. The number of carbonyl (C=O) groups is 2. The topological polar surface area (TPSA) is 72.9 Å². The number of benzene rings is 1. The van der Waals surface area contributed by atoms with Crippen molar-refractivity contribution in [1.29, 1.82) is 0 Å². The number of fused-ring (bicyclic) bond motifs is 7. The van der Waals surface area contributed by atoms with Crippen molar-refractivity contribution in [2.75, 3.05) is 46.3 Å². The van der Waals surface area contributed by atoms with Gasteiger partial charge in [0.05, 0.1) is 11.0 Å². The third-order valence-corrected chi connectivity index (χ3v) is 16.8. The molecule has 1 aromatic rings. The highest BCUT2D eigenvalue weighted by atomic mass is 16.4. The van der Waals surface area contributed by atoms with E-state index in [0.29, 0.717) is 41.1 Å². The lowest BCUT2D eigenvalue weighted by Crippen LogP contribution is -2.66. The zero-order valence-corrected chi connectivity index (χ0v) is 32.2. The number of likely N-dealkylation sites (N-methyl/N-ethyl adjacent to an activating group) is 1. The molecular formula is C44H65N3O3. The molecule has 274 valence electrons. The van der Waals surface area contributed by atoms with Gasteiger partial charge in [-0.25, -0.2) is 4.79 Å². The van der Waals surface area contributed by atoms with Gasteiger partial charge < -0.3 is 15.3 Å². The van der Waals surface area contributed by atoms with Gasteiger partial charge in [-0.2, -0.15) is 0 Å². The third-order valence-electron chi connectivity index (χ3n) is 16.8. The fourth-order valence-corrected chi connectivity index (χ4v) is 14.0. The van der Waals surface area contributed by atoms with Crippen LogP contribution < -0.4 is 5.32 Å². The number of hydrogen-bond acceptors (Lipinski definition) is 4. The van der Waals surface area contributed by atoms with Gasteiger partial charge in [-0.15, -0.1) is 0 Å². The summed E-state index contributed by atoms with van der Waals surface area (Å²) in [7, 11) is 2.20. The molecular weight excluding hydrogens is 619 g/mol. The highest BCUT2D eigenvalue weighted by molar-refractivity contribution is 5.88. The summed E-state index contributed by atoms with van der Waals surface area (Å²) in [4.78, 5) is 31.0. The SMILES string of the molecule is C=C(C)[C@@H]1CC[C@]2(C(=O)NCCN3CCN(C)CC3)CC[C@]3(C)C(CCC4[C@@]5(C)CC=C(c6ccc(C(=O)O)cc6)C(C)(C)C5CC[C@]43C)C12. The second-order valence-electron chi connectivity index (χ2n) is 19.2. The van der Waals surface area contributed by atoms with E-state index >= 15 is 0 Å². The highest BCUT2D eigenvalue weighted by Crippen LogP contribution is 2.77. The molecule has 1 saturated heterocycles. The molecule has 4 saturated carbocycles. The number of piperazine rings is 1. The Morgan fingerprint density at radius 3 is 2.24 bits per heavy atom. The minimum absolute atomic E-state index is 0.00273. The van der Waals surface area contributed by atoms with Crippen LogP contribution in [0.5, 0.6) is 0 Å². The molecule has 6 nitrogen and oxygen atoms in total. The van der Waals surface area contributed by atoms with Gasteiger partial charge in [-0.1, -0.05) is 65.0 Å². The molecule has 0 aromatic heterocycles. The van der Waals surface area contributed by atoms with Crippen molar-refractivity contribution in [2.24, 2.45) is 56.7 Å². The Bertz CT molecular complexity index is 1540. The molecule has 1 heterocycles. The summed E-state index contributed by atoms with van der Waals surface area (Å²) >= 11 is 0. The summed E-state index contributed by atoms with van der Waals surface area (Å²) < 4.78 is 0. The maximum absolute atomic E-state index is 14.5. The molecule has 0 radical (unpaired) electrons. The van der Waals surface area contributed by atoms with Gasteiger partial charge in [-0.05, 0) is 146 Å². The van der Waals surface area contributed by atoms with Crippen molar-refractivity contribution in [1.82, 2.24) is 15.1 Å². The Morgan fingerprint density at radius 2 is 1.58 bits per heavy atom. The molecule has 5 aliphatic carbocycles. The number of carbonyl (C=O) groups excluding carboxylic acids is 1. The van der Waals surface area contributed by atoms with E-state index in [1.165, 1.54) is 42.4 Å². The molecule has 1 amide bonds. The normalized spacial score (nSPS) is 41.2. The van der Waals surface area contributed by atoms with E-state index in [-0.39, 0.29) is 27.1 Å². The average molecular weight is 684 g/mol. The molecule has 5 fully saturated rings. The first kappa shape index (κ1) is 35.9. The summed E-state index contributed by atoms with van der Waals surface area (Å²) in [5.74, 6) is 2.03. The van der Waals surface area contributed by atoms with E-state index in [2.05, 4.69) is 76.4 Å². The number of aromatic carboxylic acids is 1. The Labute approximate surface area is 302 Å². The lowest BCUT2D eigenvalue weighted by atomic mass is 9.32. The molecule has 50 heavy (non-hydrogen) atoms. The monoisotopic (exact) mass is 684 g/mol. The highest BCUT2D eigenvalue weighted by Gasteiger charge is 2.71. The van der Waals surface area contributed by atoms with Crippen LogP contribution in [0.4, 0.5) is 0 Å². The smallest absolute Gasteiger partial charge is 0.335 e. The summed E-state index contributed by atoms with van der Waals surface area (Å²) in [6.45, 7) is 25.8. The first-order chi connectivity index (χ1) is 23.6. The molecule has 6 aliphatic rings. The van der Waals surface area contributed by atoms with Crippen LogP contribution in [0.1, 0.15) is 115 Å². The van der Waals surface area contributed by atoms with E-state index in [4.69, 9.17) is 0 Å². The quantitative estimate of drug-likeness (QED) is 0.283. The van der Waals surface area contributed by atoms with Gasteiger partial charge in [0.25, 0.3) is 0 Å². The Kier molecular flexibility index (Phi) is 9.06. The first-order valence-corrected chi connectivity index (χ1v) is 20.0. The molecule has 0 spiro atoms. The van der Waals surface area contributed by atoms with E-state index in [1.54, 1.807) is 12.1 Å². The van der Waals surface area contributed by atoms with Gasteiger partial charge in [0, 0.05) is 39.3 Å². The van der Waals surface area contributed by atoms with Crippen LogP contribution in [-0.4, -0.2) is 73.1 Å². The summed E-state index contributed by atoms with van der Waals surface area (Å²) in [6, 6.07) is 7.58. The number of nitrogens with one attached hydrogen (secondary N) is 1. The Morgan fingerprint density at radius 1 is 0.880 bits per heavy atom. The number of carboxylic acids is 1. The zero-order chi connectivity index (χ0) is 35.9. The first-order valence-electron chi connectivity index (χ1n) is 20.0. The van der Waals surface area contributed by atoms with Gasteiger partial charge in [-0.3, -0.25) is 9.69 Å². The lowest BCUT2D eigenvalue weighted by Gasteiger charge is -2.72. The van der Waals surface area contributed by atoms with E-state index in [1.807, 2.05) is 12.1 Å². The van der Waals surface area contributed by atoms with Crippen molar-refractivity contribution in [3.63, 3.8) is 0 Å². The summed E-state index contributed by atoms with van der Waals surface area (Å²) in [5, 5.41) is 13.0. The van der Waals surface area contributed by atoms with Crippen LogP contribution in [-0.2, 0) is 4.79 Å². The zero-order valence-electron chi connectivity index (χ0n) is 32.2. The van der Waals surface area contributed by atoms with E-state index in [0.717, 1.165) is 71.4 Å². The minimum Gasteiger partial charge on any atom is -0.478 e. The fraction of sp³-hybridized carbons (Fsp3) is 0.727. The lowest BCUT2D eigenvalue weighted by molar-refractivity contribution is -0.225. The summed E-state index contributed by atoms with van der Waals surface area (Å²) in [5.41, 5.74) is 4.54. The standard InChI is InChI=1S/C44H65N3O3/c1-29(2)32-15-20-44(39(50)45-23-24-47-27-25-46(8)26-28-47)22-21-42(6)34(37(32)44)13-14-36-41(5)18-16-33(30-9-11-31(12-10-30)38(48)49)40(3,4)35(41)17-19-43(36,42)7/h9-12,16,32,34-37H,1,13-15,17-28H2,2-8H3,(H,45,50)(H,48,49)/t32-,34?,35?,36?,37?,41-,42+,43+,44-/m0/s1. The number of rotatable bonds is 7. The number of nitrogens with zero attached hydrogens (tertiary/aromatic N) is 2. The van der Waals surface area contributed by atoms with Gasteiger partial charge in [0.2, 0.25) is 5.91 Å². The van der Waals surface area contributed by atoms with Crippen LogP contribution in [0.25, 0.3) is 5.57 Å². The Hall–Kier alpha value is -2.44. The second kappa shape index (κ2) is 12.6. The van der Waals surface area contributed by atoms with E-state index < -0.39 is 5.97 Å². The second-order valence-corrected chi connectivity index (χ2v) is 19.2. The van der Waals surface area contributed by atoms with Gasteiger partial charge in [0.15, 0.2) is 0 Å². The maximum atomic E-state index is 14.5. The van der Waals surface area contributed by atoms with Crippen LogP contribution in [0.2, 0.25) is 0 Å². The predicted molar refractivity (Wildman–Crippen MR) is 203 cm³/mol. The fourth-order valence-electron chi connectivity index (χ4n) is 14.0. The molecule has 1 aliphatic heterocycles. The average Bonchev–Trinajstić information content (AvgIpc) is 3.47. The molecule has 9 atom stereocenters. The van der Waals surface area contributed by atoms with Crippen LogP contribution in [0, 0.1) is 56.7 Å². The van der Waals surface area contributed by atoms with Crippen LogP contribution in [0.3, 0.4) is 0 Å². The van der Waals surface area contributed by atoms with Crippen molar-refractivity contribution < 1.29 is 14.7 Å². The van der Waals surface area contributed by atoms with E-state index in [9.17, 15) is 14.7 Å². The molecule has 4 unspecified atom stereocenters. The molecule has 7 rings (SSSR count). The van der Waals surface area contributed by atoms with Crippen molar-refractivity contribution >= 4 is 17.4 Å². The number of hydrogen-bond donors (Lipinski definition) is 2. The van der Waals surface area contributed by atoms with Gasteiger partial charge in [0.1, 0.15) is 0 Å². The minimum atomic E-state index is -0.870. The molecule has 6 heteroatoms. The van der Waals surface area contributed by atoms with Crippen molar-refractivity contribution in [3.8, 4) is 0 Å². The molecule has 0 bridgehead atoms. The summed E-state index contributed by atoms with van der Waals surface area (Å²) in [6.07, 6.45) is 12.8. The Balaban J connectivity index is 1.15. The number of carboxylic acid groups (broad SMARTS) is 1. The molecule has 2 N–H and O–H groups in total. The maximum Gasteiger partial charge on any atom is 0.335 e. The van der Waals surface area contributed by atoms with Crippen LogP contribution >= 0.6 is 0 Å². The molecule has 1 aromatic carbocycles. The number of allylic oxidation sites excluding steroid dienone is 3. The van der Waals surface area contributed by atoms with Gasteiger partial charge >= 0.3 is 5.97 Å². The van der Waals surface area contributed by atoms with Crippen LogP contribution in [0.15, 0.2) is 42.5 Å². The van der Waals surface area contributed by atoms with Crippen molar-refractivity contribution in [2.45, 2.75) is 99.3 Å².